The fourth-order valence-corrected chi connectivity index (χ4v) is 1.88. The number of benzene rings is 2. The van der Waals surface area contributed by atoms with E-state index in [9.17, 15) is 0 Å². The van der Waals surface area contributed by atoms with Gasteiger partial charge in [0.05, 0.1) is 24.8 Å². The van der Waals surface area contributed by atoms with Gasteiger partial charge < -0.3 is 4.74 Å². The Morgan fingerprint density at radius 1 is 1.00 bits per heavy atom. The Labute approximate surface area is 115 Å². The summed E-state index contributed by atoms with van der Waals surface area (Å²) in [7, 11) is 0. The fourth-order valence-electron chi connectivity index (χ4n) is 1.61. The van der Waals surface area contributed by atoms with Gasteiger partial charge in [-0.1, -0.05) is 46.3 Å². The van der Waals surface area contributed by atoms with Crippen LogP contribution in [0.2, 0.25) is 0 Å². The Balaban J connectivity index is 1.93. The van der Waals surface area contributed by atoms with Crippen LogP contribution < -0.4 is 0 Å². The van der Waals surface area contributed by atoms with Crippen molar-refractivity contribution in [3.8, 4) is 6.07 Å². The van der Waals surface area contributed by atoms with Gasteiger partial charge >= 0.3 is 0 Å². The van der Waals surface area contributed by atoms with Crippen molar-refractivity contribution in [2.24, 2.45) is 0 Å². The van der Waals surface area contributed by atoms with E-state index < -0.39 is 0 Å². The average molecular weight is 302 g/mol. The number of hydrogen-bond donors (Lipinski definition) is 0. The summed E-state index contributed by atoms with van der Waals surface area (Å²) in [5.74, 6) is 0. The Morgan fingerprint density at radius 3 is 2.44 bits per heavy atom. The molecule has 0 bridgehead atoms. The van der Waals surface area contributed by atoms with Crippen LogP contribution in [-0.2, 0) is 18.0 Å². The minimum absolute atomic E-state index is 0.458. The summed E-state index contributed by atoms with van der Waals surface area (Å²) in [5, 5.41) is 8.95. The second-order valence-corrected chi connectivity index (χ2v) is 4.80. The van der Waals surface area contributed by atoms with E-state index >= 15 is 0 Å². The molecule has 0 spiro atoms. The maximum atomic E-state index is 8.95. The van der Waals surface area contributed by atoms with Crippen LogP contribution in [0.5, 0.6) is 0 Å². The van der Waals surface area contributed by atoms with E-state index in [1.165, 1.54) is 0 Å². The largest absolute Gasteiger partial charge is 0.372 e. The number of halogens is 1. The molecular weight excluding hydrogens is 290 g/mol. The first kappa shape index (κ1) is 12.8. The maximum Gasteiger partial charge on any atom is 0.0995 e. The van der Waals surface area contributed by atoms with Gasteiger partial charge in [0.2, 0.25) is 0 Å². The van der Waals surface area contributed by atoms with E-state index in [0.29, 0.717) is 18.8 Å². The van der Waals surface area contributed by atoms with Gasteiger partial charge in [-0.3, -0.25) is 0 Å². The van der Waals surface area contributed by atoms with Gasteiger partial charge in [-0.05, 0) is 29.3 Å². The third-order valence-electron chi connectivity index (χ3n) is 2.58. The molecule has 0 saturated carbocycles. The van der Waals surface area contributed by atoms with Gasteiger partial charge in [-0.25, -0.2) is 0 Å². The van der Waals surface area contributed by atoms with Crippen molar-refractivity contribution in [3.63, 3.8) is 0 Å². The molecular formula is C15H12BrNO. The molecule has 0 atom stereocenters. The van der Waals surface area contributed by atoms with Crippen molar-refractivity contribution in [3.05, 3.63) is 69.7 Å². The zero-order valence-corrected chi connectivity index (χ0v) is 11.4. The van der Waals surface area contributed by atoms with Crippen LogP contribution in [0, 0.1) is 11.3 Å². The Morgan fingerprint density at radius 2 is 1.72 bits per heavy atom. The molecule has 0 unspecified atom stereocenters. The first-order chi connectivity index (χ1) is 8.79. The first-order valence-electron chi connectivity index (χ1n) is 5.60. The molecule has 0 aliphatic heterocycles. The molecule has 2 rings (SSSR count). The van der Waals surface area contributed by atoms with Crippen molar-refractivity contribution in [1.29, 1.82) is 5.26 Å². The van der Waals surface area contributed by atoms with Gasteiger partial charge in [0.25, 0.3) is 0 Å². The maximum absolute atomic E-state index is 8.95. The minimum atomic E-state index is 0.458. The van der Waals surface area contributed by atoms with Gasteiger partial charge in [-0.2, -0.15) is 5.26 Å². The Bertz CT molecular complexity index is 557. The molecule has 0 aliphatic carbocycles. The predicted octanol–water partition coefficient (Wildman–Crippen LogP) is 4.04. The summed E-state index contributed by atoms with van der Waals surface area (Å²) in [6, 6.07) is 17.7. The van der Waals surface area contributed by atoms with Crippen LogP contribution in [0.1, 0.15) is 16.7 Å². The van der Waals surface area contributed by atoms with E-state index in [0.717, 1.165) is 15.6 Å². The van der Waals surface area contributed by atoms with E-state index in [-0.39, 0.29) is 0 Å². The van der Waals surface area contributed by atoms with Crippen LogP contribution >= 0.6 is 15.9 Å². The lowest BCUT2D eigenvalue weighted by Crippen LogP contribution is -1.96. The van der Waals surface area contributed by atoms with Crippen LogP contribution in [0.4, 0.5) is 0 Å². The van der Waals surface area contributed by atoms with Gasteiger partial charge in [0.1, 0.15) is 0 Å². The molecule has 18 heavy (non-hydrogen) atoms. The summed E-state index contributed by atoms with van der Waals surface area (Å²) in [4.78, 5) is 0. The molecule has 0 N–H and O–H groups in total. The van der Waals surface area contributed by atoms with E-state index in [1.807, 2.05) is 42.5 Å². The molecule has 0 saturated heterocycles. The van der Waals surface area contributed by atoms with Crippen molar-refractivity contribution in [2.45, 2.75) is 13.2 Å². The summed E-state index contributed by atoms with van der Waals surface area (Å²) in [5.41, 5.74) is 2.72. The molecule has 2 aromatic rings. The predicted molar refractivity (Wildman–Crippen MR) is 73.8 cm³/mol. The zero-order valence-electron chi connectivity index (χ0n) is 9.77. The monoisotopic (exact) mass is 301 g/mol. The molecule has 0 radical (unpaired) electrons. The third kappa shape index (κ3) is 3.43. The van der Waals surface area contributed by atoms with Crippen LogP contribution in [0.25, 0.3) is 0 Å². The molecule has 2 nitrogen and oxygen atoms in total. The molecule has 0 aliphatic rings. The SMILES string of the molecule is N#Cc1ccccc1COCc1ccc(Br)cc1. The minimum Gasteiger partial charge on any atom is -0.372 e. The molecule has 2 aromatic carbocycles. The van der Waals surface area contributed by atoms with E-state index in [2.05, 4.69) is 22.0 Å². The molecule has 0 fully saturated rings. The third-order valence-corrected chi connectivity index (χ3v) is 3.11. The lowest BCUT2D eigenvalue weighted by Gasteiger charge is -2.06. The highest BCUT2D eigenvalue weighted by molar-refractivity contribution is 9.10. The van der Waals surface area contributed by atoms with E-state index in [1.54, 1.807) is 6.07 Å². The van der Waals surface area contributed by atoms with Gasteiger partial charge in [0, 0.05) is 4.47 Å². The van der Waals surface area contributed by atoms with E-state index in [4.69, 9.17) is 10.00 Å². The second-order valence-electron chi connectivity index (χ2n) is 3.89. The lowest BCUT2D eigenvalue weighted by atomic mass is 10.1. The zero-order chi connectivity index (χ0) is 12.8. The summed E-state index contributed by atoms with van der Waals surface area (Å²) >= 11 is 3.39. The standard InChI is InChI=1S/C15H12BrNO/c16-15-7-5-12(6-8-15)10-18-11-14-4-2-1-3-13(14)9-17/h1-8H,10-11H2. The second kappa shape index (κ2) is 6.34. The fraction of sp³-hybridized carbons (Fsp3) is 0.133. The van der Waals surface area contributed by atoms with Gasteiger partial charge in [-0.15, -0.1) is 0 Å². The first-order valence-corrected chi connectivity index (χ1v) is 6.39. The molecule has 90 valence electrons. The van der Waals surface area contributed by atoms with Crippen molar-refractivity contribution < 1.29 is 4.74 Å². The summed E-state index contributed by atoms with van der Waals surface area (Å²) < 4.78 is 6.68. The topological polar surface area (TPSA) is 33.0 Å². The van der Waals surface area contributed by atoms with Crippen molar-refractivity contribution in [1.82, 2.24) is 0 Å². The molecule has 0 aromatic heterocycles. The van der Waals surface area contributed by atoms with Crippen LogP contribution in [0.3, 0.4) is 0 Å². The molecule has 3 heteroatoms. The Kier molecular flexibility index (Phi) is 4.52. The number of rotatable bonds is 4. The number of hydrogen-bond acceptors (Lipinski definition) is 2. The number of nitrogens with zero attached hydrogens (tertiary/aromatic N) is 1. The smallest absolute Gasteiger partial charge is 0.0995 e. The molecule has 0 heterocycles. The quantitative estimate of drug-likeness (QED) is 0.854. The highest BCUT2D eigenvalue weighted by Crippen LogP contribution is 2.13. The lowest BCUT2D eigenvalue weighted by molar-refractivity contribution is 0.107. The van der Waals surface area contributed by atoms with Crippen molar-refractivity contribution in [2.75, 3.05) is 0 Å². The van der Waals surface area contributed by atoms with Crippen LogP contribution in [-0.4, -0.2) is 0 Å². The Hall–Kier alpha value is -1.63. The number of nitriles is 1. The average Bonchev–Trinajstić information content (AvgIpc) is 2.41. The highest BCUT2D eigenvalue weighted by atomic mass is 79.9. The summed E-state index contributed by atoms with van der Waals surface area (Å²) in [6.07, 6.45) is 0. The highest BCUT2D eigenvalue weighted by Gasteiger charge is 2.01. The number of ether oxygens (including phenoxy) is 1. The van der Waals surface area contributed by atoms with Crippen LogP contribution in [0.15, 0.2) is 53.0 Å². The normalized spacial score (nSPS) is 10.0. The molecule has 0 amide bonds. The van der Waals surface area contributed by atoms with Gasteiger partial charge in [0.15, 0.2) is 0 Å². The van der Waals surface area contributed by atoms with Crippen molar-refractivity contribution >= 4 is 15.9 Å². The summed E-state index contributed by atoms with van der Waals surface area (Å²) in [6.45, 7) is 1.01.